The molecule has 0 aromatic heterocycles. The molecule has 0 saturated carbocycles. The first-order valence-corrected chi connectivity index (χ1v) is 5.85. The smallest absolute Gasteiger partial charge is 0.329 e. The maximum Gasteiger partial charge on any atom is 0.329 e. The predicted octanol–water partition coefficient (Wildman–Crippen LogP) is 1.79. The molecule has 1 aromatic rings. The van der Waals surface area contributed by atoms with Crippen molar-refractivity contribution < 1.29 is 9.90 Å². The Morgan fingerprint density at radius 3 is 2.41 bits per heavy atom. The minimum atomic E-state index is -1.23. The highest BCUT2D eigenvalue weighted by Crippen LogP contribution is 2.21. The van der Waals surface area contributed by atoms with E-state index >= 15 is 0 Å². The van der Waals surface area contributed by atoms with Gasteiger partial charge in [-0.2, -0.15) is 0 Å². The number of nitrogens with two attached hydrogens (primary N) is 1. The molecule has 94 valence electrons. The maximum absolute atomic E-state index is 11.2. The molecule has 1 atom stereocenters. The Balaban J connectivity index is 2.89. The molecule has 4 N–H and O–H groups in total. The summed E-state index contributed by atoms with van der Waals surface area (Å²) in [5.41, 5.74) is 3.01. The minimum absolute atomic E-state index is 0.660. The van der Waals surface area contributed by atoms with Gasteiger partial charge in [-0.25, -0.2) is 10.2 Å². The van der Waals surface area contributed by atoms with Gasteiger partial charge in [0.1, 0.15) is 0 Å². The lowest BCUT2D eigenvalue weighted by atomic mass is 9.91. The number of carboxylic acids is 1. The first-order valence-electron chi connectivity index (χ1n) is 5.85. The lowest BCUT2D eigenvalue weighted by Gasteiger charge is -2.24. The van der Waals surface area contributed by atoms with Gasteiger partial charge in [-0.15, -0.1) is 0 Å². The van der Waals surface area contributed by atoms with E-state index in [9.17, 15) is 4.79 Å². The highest BCUT2D eigenvalue weighted by Gasteiger charge is 2.33. The number of carboxylic acid groups (broad SMARTS) is 1. The van der Waals surface area contributed by atoms with Gasteiger partial charge < -0.3 is 5.11 Å². The highest BCUT2D eigenvalue weighted by molar-refractivity contribution is 5.80. The van der Waals surface area contributed by atoms with Crippen molar-refractivity contribution in [2.75, 3.05) is 0 Å². The summed E-state index contributed by atoms with van der Waals surface area (Å²) in [5, 5.41) is 9.15. The molecular weight excluding hydrogens is 216 g/mol. The quantitative estimate of drug-likeness (QED) is 0.520. The third-order valence-electron chi connectivity index (χ3n) is 3.07. The Hall–Kier alpha value is -1.39. The van der Waals surface area contributed by atoms with Gasteiger partial charge in [-0.3, -0.25) is 5.84 Å². The number of benzene rings is 1. The summed E-state index contributed by atoms with van der Waals surface area (Å²) in [5.74, 6) is 4.34. The van der Waals surface area contributed by atoms with Crippen LogP contribution in [0, 0.1) is 0 Å². The summed E-state index contributed by atoms with van der Waals surface area (Å²) in [6.07, 6.45) is 3.32. The van der Waals surface area contributed by atoms with Crippen LogP contribution in [0.1, 0.15) is 37.8 Å². The van der Waals surface area contributed by atoms with E-state index in [1.807, 2.05) is 24.3 Å². The fourth-order valence-electron chi connectivity index (χ4n) is 1.65. The van der Waals surface area contributed by atoms with E-state index in [0.717, 1.165) is 19.3 Å². The van der Waals surface area contributed by atoms with Crippen LogP contribution in [-0.2, 0) is 16.8 Å². The molecule has 0 fully saturated rings. The maximum atomic E-state index is 11.2. The van der Waals surface area contributed by atoms with Gasteiger partial charge in [-0.05, 0) is 30.9 Å². The van der Waals surface area contributed by atoms with Crippen molar-refractivity contribution in [1.82, 2.24) is 5.43 Å². The monoisotopic (exact) mass is 236 g/mol. The first-order chi connectivity index (χ1) is 8.04. The highest BCUT2D eigenvalue weighted by atomic mass is 16.4. The molecule has 1 aromatic carbocycles. The van der Waals surface area contributed by atoms with Crippen LogP contribution in [0.3, 0.4) is 0 Å². The van der Waals surface area contributed by atoms with E-state index in [4.69, 9.17) is 10.9 Å². The number of unbranched alkanes of at least 4 members (excludes halogenated alkanes) is 1. The van der Waals surface area contributed by atoms with Crippen LogP contribution < -0.4 is 11.3 Å². The molecule has 0 spiro atoms. The summed E-state index contributed by atoms with van der Waals surface area (Å²) < 4.78 is 0. The minimum Gasteiger partial charge on any atom is -0.480 e. The van der Waals surface area contributed by atoms with E-state index in [1.54, 1.807) is 6.92 Å². The zero-order valence-electron chi connectivity index (χ0n) is 10.4. The van der Waals surface area contributed by atoms with Gasteiger partial charge in [0.2, 0.25) is 0 Å². The van der Waals surface area contributed by atoms with E-state index < -0.39 is 11.5 Å². The first kappa shape index (κ1) is 13.7. The third-order valence-corrected chi connectivity index (χ3v) is 3.07. The van der Waals surface area contributed by atoms with Crippen LogP contribution in [0.2, 0.25) is 0 Å². The molecule has 0 radical (unpaired) electrons. The van der Waals surface area contributed by atoms with Crippen molar-refractivity contribution in [3.8, 4) is 0 Å². The summed E-state index contributed by atoms with van der Waals surface area (Å²) in [7, 11) is 0. The summed E-state index contributed by atoms with van der Waals surface area (Å²) in [4.78, 5) is 11.2. The lowest BCUT2D eigenvalue weighted by molar-refractivity contribution is -0.144. The predicted molar refractivity (Wildman–Crippen MR) is 67.4 cm³/mol. The molecular formula is C13H20N2O2. The van der Waals surface area contributed by atoms with Crippen molar-refractivity contribution >= 4 is 5.97 Å². The van der Waals surface area contributed by atoms with Gasteiger partial charge in [0, 0.05) is 0 Å². The molecule has 1 rings (SSSR count). The van der Waals surface area contributed by atoms with Crippen LogP contribution in [-0.4, -0.2) is 11.1 Å². The number of carbonyl (C=O) groups is 1. The second-order valence-corrected chi connectivity index (χ2v) is 4.37. The van der Waals surface area contributed by atoms with Gasteiger partial charge in [-0.1, -0.05) is 37.6 Å². The van der Waals surface area contributed by atoms with Crippen molar-refractivity contribution in [2.24, 2.45) is 5.84 Å². The fourth-order valence-corrected chi connectivity index (χ4v) is 1.65. The average molecular weight is 236 g/mol. The van der Waals surface area contributed by atoms with E-state index in [0.29, 0.717) is 5.56 Å². The number of nitrogens with one attached hydrogen (secondary N) is 1. The Morgan fingerprint density at radius 2 is 2.00 bits per heavy atom. The van der Waals surface area contributed by atoms with E-state index in [1.165, 1.54) is 5.56 Å². The number of aryl methyl sites for hydroxylation is 1. The molecule has 0 aliphatic heterocycles. The number of hydrazine groups is 1. The zero-order valence-corrected chi connectivity index (χ0v) is 10.4. The largest absolute Gasteiger partial charge is 0.480 e. The Bertz CT molecular complexity index is 376. The zero-order chi connectivity index (χ0) is 12.9. The molecule has 0 amide bonds. The summed E-state index contributed by atoms with van der Waals surface area (Å²) >= 11 is 0. The molecule has 0 aliphatic rings. The summed E-state index contributed by atoms with van der Waals surface area (Å²) in [6, 6.07) is 7.56. The Kier molecular flexibility index (Phi) is 4.66. The van der Waals surface area contributed by atoms with E-state index in [-0.39, 0.29) is 0 Å². The Labute approximate surface area is 102 Å². The van der Waals surface area contributed by atoms with Crippen molar-refractivity contribution in [2.45, 2.75) is 38.6 Å². The number of rotatable bonds is 6. The standard InChI is InChI=1S/C13H20N2O2/c1-3-4-5-10-6-8-11(9-7-10)13(2,15-14)12(16)17/h6-9,15H,3-5,14H2,1-2H3,(H,16,17). The lowest BCUT2D eigenvalue weighted by Crippen LogP contribution is -2.50. The van der Waals surface area contributed by atoms with E-state index in [2.05, 4.69) is 12.3 Å². The number of hydrogen-bond donors (Lipinski definition) is 3. The second kappa shape index (κ2) is 5.80. The number of aliphatic carboxylic acids is 1. The van der Waals surface area contributed by atoms with Crippen LogP contribution >= 0.6 is 0 Å². The van der Waals surface area contributed by atoms with Crippen LogP contribution in [0.25, 0.3) is 0 Å². The van der Waals surface area contributed by atoms with Crippen LogP contribution in [0.4, 0.5) is 0 Å². The van der Waals surface area contributed by atoms with Gasteiger partial charge in [0.15, 0.2) is 5.54 Å². The third kappa shape index (κ3) is 3.05. The van der Waals surface area contributed by atoms with Gasteiger partial charge >= 0.3 is 5.97 Å². The van der Waals surface area contributed by atoms with Crippen molar-refractivity contribution in [3.63, 3.8) is 0 Å². The fraction of sp³-hybridized carbons (Fsp3) is 0.462. The molecule has 1 unspecified atom stereocenters. The molecule has 0 heterocycles. The topological polar surface area (TPSA) is 75.3 Å². The number of hydrogen-bond acceptors (Lipinski definition) is 3. The average Bonchev–Trinajstić information content (AvgIpc) is 2.35. The molecule has 0 bridgehead atoms. The van der Waals surface area contributed by atoms with Gasteiger partial charge in [0.05, 0.1) is 0 Å². The molecule has 17 heavy (non-hydrogen) atoms. The molecule has 4 heteroatoms. The molecule has 4 nitrogen and oxygen atoms in total. The van der Waals surface area contributed by atoms with Crippen LogP contribution in [0.15, 0.2) is 24.3 Å². The normalized spacial score (nSPS) is 14.3. The van der Waals surface area contributed by atoms with Crippen molar-refractivity contribution in [1.29, 1.82) is 0 Å². The SMILES string of the molecule is CCCCc1ccc(C(C)(NN)C(=O)O)cc1. The molecule has 0 aliphatic carbocycles. The second-order valence-electron chi connectivity index (χ2n) is 4.37. The van der Waals surface area contributed by atoms with Crippen LogP contribution in [0.5, 0.6) is 0 Å². The molecule has 0 saturated heterocycles. The Morgan fingerprint density at radius 1 is 1.41 bits per heavy atom. The van der Waals surface area contributed by atoms with Crippen molar-refractivity contribution in [3.05, 3.63) is 35.4 Å². The summed E-state index contributed by atoms with van der Waals surface area (Å²) in [6.45, 7) is 3.70. The van der Waals surface area contributed by atoms with Gasteiger partial charge in [0.25, 0.3) is 0 Å².